The minimum atomic E-state index is -1.15. The number of hydrogen-bond donors (Lipinski definition) is 3. The van der Waals surface area contributed by atoms with Crippen LogP contribution in [0.25, 0.3) is 0 Å². The number of aliphatic hydroxyl groups is 1. The largest absolute Gasteiger partial charge is 0.457 e. The zero-order chi connectivity index (χ0) is 29.0. The number of urea groups is 1. The van der Waals surface area contributed by atoms with Gasteiger partial charge in [0, 0.05) is 42.5 Å². The van der Waals surface area contributed by atoms with Crippen molar-refractivity contribution in [2.45, 2.75) is 18.4 Å². The molecule has 1 aliphatic heterocycles. The fraction of sp³-hybridized carbons (Fsp3) is 0.161. The number of ether oxygens (including phenoxy) is 2. The number of primary amides is 1. The zero-order valence-corrected chi connectivity index (χ0v) is 21.8. The predicted molar refractivity (Wildman–Crippen MR) is 148 cm³/mol. The van der Waals surface area contributed by atoms with Crippen molar-refractivity contribution in [1.82, 2.24) is 4.90 Å². The van der Waals surface area contributed by atoms with E-state index in [2.05, 4.69) is 5.32 Å². The number of nitrogens with two attached hydrogens (primary N) is 1. The molecule has 1 aliphatic rings. The van der Waals surface area contributed by atoms with Gasteiger partial charge in [-0.3, -0.25) is 4.79 Å². The lowest BCUT2D eigenvalue weighted by molar-refractivity contribution is -0.0157. The van der Waals surface area contributed by atoms with Crippen LogP contribution in [0.5, 0.6) is 23.0 Å². The summed E-state index contributed by atoms with van der Waals surface area (Å²) < 4.78 is 38.5. The summed E-state index contributed by atoms with van der Waals surface area (Å²) in [5.41, 5.74) is 5.46. The van der Waals surface area contributed by atoms with Crippen molar-refractivity contribution in [3.05, 3.63) is 114 Å². The van der Waals surface area contributed by atoms with Crippen molar-refractivity contribution in [3.63, 3.8) is 0 Å². The van der Waals surface area contributed by atoms with Crippen molar-refractivity contribution in [1.29, 1.82) is 0 Å². The number of benzene rings is 4. The van der Waals surface area contributed by atoms with Crippen LogP contribution >= 0.6 is 0 Å². The highest BCUT2D eigenvalue weighted by molar-refractivity contribution is 5.93. The van der Waals surface area contributed by atoms with E-state index in [0.717, 1.165) is 0 Å². The fourth-order valence-corrected chi connectivity index (χ4v) is 4.55. The van der Waals surface area contributed by atoms with E-state index in [9.17, 15) is 23.5 Å². The van der Waals surface area contributed by atoms with Crippen LogP contribution in [0.4, 0.5) is 19.3 Å². The number of amides is 3. The van der Waals surface area contributed by atoms with Crippen LogP contribution in [0, 0.1) is 11.6 Å². The van der Waals surface area contributed by atoms with Gasteiger partial charge >= 0.3 is 6.03 Å². The zero-order valence-electron chi connectivity index (χ0n) is 21.8. The van der Waals surface area contributed by atoms with Gasteiger partial charge in [0.25, 0.3) is 0 Å². The molecule has 10 heteroatoms. The molecule has 0 aliphatic carbocycles. The van der Waals surface area contributed by atoms with E-state index in [1.165, 1.54) is 48.5 Å². The quantitative estimate of drug-likeness (QED) is 0.251. The molecule has 0 atom stereocenters. The summed E-state index contributed by atoms with van der Waals surface area (Å²) in [6, 6.07) is 21.9. The lowest BCUT2D eigenvalue weighted by atomic mass is 9.84. The van der Waals surface area contributed by atoms with Crippen LogP contribution in [0.15, 0.2) is 91.0 Å². The Bertz CT molecular complexity index is 1540. The molecule has 0 unspecified atom stereocenters. The lowest BCUT2D eigenvalue weighted by Gasteiger charge is -2.38. The summed E-state index contributed by atoms with van der Waals surface area (Å²) in [7, 11) is 0. The van der Waals surface area contributed by atoms with E-state index in [4.69, 9.17) is 15.2 Å². The number of hydrogen-bond acceptors (Lipinski definition) is 5. The van der Waals surface area contributed by atoms with Gasteiger partial charge in [0.15, 0.2) is 0 Å². The molecular formula is C31H27F2N3O5. The molecule has 8 nitrogen and oxygen atoms in total. The second kappa shape index (κ2) is 11.6. The number of nitrogens with zero attached hydrogens (tertiary/aromatic N) is 1. The van der Waals surface area contributed by atoms with Crippen LogP contribution < -0.4 is 20.5 Å². The summed E-state index contributed by atoms with van der Waals surface area (Å²) in [6.07, 6.45) is 0.574. The van der Waals surface area contributed by atoms with Crippen LogP contribution in [-0.4, -0.2) is 35.0 Å². The van der Waals surface area contributed by atoms with E-state index in [0.29, 0.717) is 39.8 Å². The molecule has 1 saturated heterocycles. The fourth-order valence-electron chi connectivity index (χ4n) is 4.55. The standard InChI is InChI=1S/C31H27F2N3O5/c32-22-5-3-21(4-6-22)31(39)13-15-36(16-14-31)30(38)35-24-17-27(40-25-9-1-20(2-10-25)29(34)37)19-28(18-24)41-26-11-7-23(33)8-12-26/h1-12,17-19,39H,13-16H2,(H2,34,37)(H,35,38). The molecule has 1 fully saturated rings. The molecule has 0 saturated carbocycles. The van der Waals surface area contributed by atoms with E-state index in [-0.39, 0.29) is 37.8 Å². The van der Waals surface area contributed by atoms with Crippen molar-refractivity contribution < 1.29 is 33.0 Å². The third-order valence-electron chi connectivity index (χ3n) is 6.81. The van der Waals surface area contributed by atoms with E-state index >= 15 is 0 Å². The minimum absolute atomic E-state index is 0.279. The Labute approximate surface area is 234 Å². The first kappa shape index (κ1) is 27.6. The van der Waals surface area contributed by atoms with Crippen molar-refractivity contribution in [2.24, 2.45) is 5.73 Å². The summed E-state index contributed by atoms with van der Waals surface area (Å²) in [6.45, 7) is 0.558. The van der Waals surface area contributed by atoms with Gasteiger partial charge in [0.05, 0.1) is 5.60 Å². The van der Waals surface area contributed by atoms with Gasteiger partial charge in [-0.2, -0.15) is 0 Å². The smallest absolute Gasteiger partial charge is 0.321 e. The van der Waals surface area contributed by atoms with Gasteiger partial charge in [0.1, 0.15) is 34.6 Å². The molecule has 0 spiro atoms. The molecule has 0 bridgehead atoms. The molecular weight excluding hydrogens is 532 g/mol. The highest BCUT2D eigenvalue weighted by atomic mass is 19.1. The summed E-state index contributed by atoms with van der Waals surface area (Å²) in [5.74, 6) is 0.0918. The third kappa shape index (κ3) is 6.79. The predicted octanol–water partition coefficient (Wildman–Crippen LogP) is 6.16. The molecule has 210 valence electrons. The maximum Gasteiger partial charge on any atom is 0.321 e. The SMILES string of the molecule is NC(=O)c1ccc(Oc2cc(NC(=O)N3CCC(O)(c4ccc(F)cc4)CC3)cc(Oc3ccc(F)cc3)c2)cc1. The molecule has 4 aromatic rings. The highest BCUT2D eigenvalue weighted by Crippen LogP contribution is 2.35. The number of rotatable bonds is 7. The first-order valence-electron chi connectivity index (χ1n) is 12.9. The summed E-state index contributed by atoms with van der Waals surface area (Å²) in [4.78, 5) is 26.1. The lowest BCUT2D eigenvalue weighted by Crippen LogP contribution is -2.46. The second-order valence-corrected chi connectivity index (χ2v) is 9.70. The molecule has 1 heterocycles. The van der Waals surface area contributed by atoms with Crippen LogP contribution in [0.3, 0.4) is 0 Å². The van der Waals surface area contributed by atoms with E-state index in [1.807, 2.05) is 0 Å². The number of carbonyl (C=O) groups is 2. The Morgan fingerprint density at radius 2 is 1.24 bits per heavy atom. The summed E-state index contributed by atoms with van der Waals surface area (Å²) in [5, 5.41) is 13.9. The van der Waals surface area contributed by atoms with Crippen LogP contribution in [0.2, 0.25) is 0 Å². The van der Waals surface area contributed by atoms with Crippen molar-refractivity contribution in [3.8, 4) is 23.0 Å². The number of anilines is 1. The summed E-state index contributed by atoms with van der Waals surface area (Å²) >= 11 is 0. The number of carbonyl (C=O) groups excluding carboxylic acids is 2. The first-order chi connectivity index (χ1) is 19.7. The van der Waals surface area contributed by atoms with E-state index < -0.39 is 17.3 Å². The topological polar surface area (TPSA) is 114 Å². The van der Waals surface area contributed by atoms with Gasteiger partial charge in [0.2, 0.25) is 5.91 Å². The van der Waals surface area contributed by atoms with Gasteiger partial charge in [-0.25, -0.2) is 13.6 Å². The number of piperidine rings is 1. The Balaban J connectivity index is 1.32. The van der Waals surface area contributed by atoms with Gasteiger partial charge in [-0.1, -0.05) is 12.1 Å². The minimum Gasteiger partial charge on any atom is -0.457 e. The molecule has 3 amide bonds. The Morgan fingerprint density at radius 1 is 0.756 bits per heavy atom. The average molecular weight is 560 g/mol. The first-order valence-corrected chi connectivity index (χ1v) is 12.9. The second-order valence-electron chi connectivity index (χ2n) is 9.70. The Hall–Kier alpha value is -4.96. The average Bonchev–Trinajstić information content (AvgIpc) is 2.95. The molecule has 4 N–H and O–H groups in total. The van der Waals surface area contributed by atoms with Crippen LogP contribution in [-0.2, 0) is 5.60 Å². The van der Waals surface area contributed by atoms with Crippen molar-refractivity contribution >= 4 is 17.6 Å². The number of halogens is 2. The molecule has 41 heavy (non-hydrogen) atoms. The van der Waals surface area contributed by atoms with Gasteiger partial charge in [-0.05, 0) is 79.1 Å². The maximum atomic E-state index is 13.4. The molecule has 4 aromatic carbocycles. The molecule has 0 radical (unpaired) electrons. The molecule has 5 rings (SSSR count). The van der Waals surface area contributed by atoms with Gasteiger partial charge < -0.3 is 30.5 Å². The van der Waals surface area contributed by atoms with Crippen molar-refractivity contribution in [2.75, 3.05) is 18.4 Å². The van der Waals surface area contributed by atoms with Gasteiger partial charge in [-0.15, -0.1) is 0 Å². The number of nitrogens with one attached hydrogen (secondary N) is 1. The Kier molecular flexibility index (Phi) is 7.84. The van der Waals surface area contributed by atoms with Crippen LogP contribution in [0.1, 0.15) is 28.8 Å². The molecule has 0 aromatic heterocycles. The normalized spacial score (nSPS) is 14.3. The highest BCUT2D eigenvalue weighted by Gasteiger charge is 2.35. The Morgan fingerprint density at radius 3 is 1.76 bits per heavy atom. The number of likely N-dealkylation sites (tertiary alicyclic amines) is 1. The maximum absolute atomic E-state index is 13.4. The van der Waals surface area contributed by atoms with E-state index in [1.54, 1.807) is 47.4 Å². The third-order valence-corrected chi connectivity index (χ3v) is 6.81. The monoisotopic (exact) mass is 559 g/mol.